The summed E-state index contributed by atoms with van der Waals surface area (Å²) in [4.78, 5) is 31.0. The zero-order valence-electron chi connectivity index (χ0n) is 15.0. The van der Waals surface area contributed by atoms with Gasteiger partial charge < -0.3 is 10.3 Å². The molecule has 6 nitrogen and oxygen atoms in total. The number of carbonyl (C=O) groups excluding carboxylic acids is 1. The van der Waals surface area contributed by atoms with Crippen LogP contribution in [-0.4, -0.2) is 15.9 Å². The van der Waals surface area contributed by atoms with Crippen molar-refractivity contribution in [3.8, 4) is 16.6 Å². The molecule has 0 aliphatic rings. The first-order chi connectivity index (χ1) is 13.0. The second-order valence-electron chi connectivity index (χ2n) is 6.13. The largest absolute Gasteiger partial charge is 0.326 e. The molecule has 0 radical (unpaired) electrons. The number of nitrogens with zero attached hydrogens (tertiary/aromatic N) is 2. The molecule has 27 heavy (non-hydrogen) atoms. The summed E-state index contributed by atoms with van der Waals surface area (Å²) in [6, 6.07) is 9.46. The van der Waals surface area contributed by atoms with E-state index in [4.69, 9.17) is 5.26 Å². The molecule has 0 saturated carbocycles. The standard InChI is InChI=1S/C20H18N4O2S/c1-12-16(13(2)23-19(26)17(12)11-21)7-8-18(25)24-15-5-3-14(4-6-15)20-22-9-10-27-20/h3-6,9-10H,7-8H2,1-2H3,(H,23,26)(H,24,25). The molecule has 0 atom stereocenters. The monoisotopic (exact) mass is 378 g/mol. The second kappa shape index (κ2) is 7.98. The summed E-state index contributed by atoms with van der Waals surface area (Å²) in [5.41, 5.74) is 3.60. The summed E-state index contributed by atoms with van der Waals surface area (Å²) in [6.07, 6.45) is 2.47. The quantitative estimate of drug-likeness (QED) is 0.709. The number of H-pyrrole nitrogens is 1. The number of pyridine rings is 1. The van der Waals surface area contributed by atoms with Crippen molar-refractivity contribution >= 4 is 22.9 Å². The minimum absolute atomic E-state index is 0.105. The maximum Gasteiger partial charge on any atom is 0.266 e. The van der Waals surface area contributed by atoms with Crippen LogP contribution in [0.5, 0.6) is 0 Å². The van der Waals surface area contributed by atoms with Gasteiger partial charge in [0, 0.05) is 34.9 Å². The Labute approximate surface area is 160 Å². The summed E-state index contributed by atoms with van der Waals surface area (Å²) in [5, 5.41) is 14.9. The Balaban J connectivity index is 1.65. The van der Waals surface area contributed by atoms with Gasteiger partial charge in [-0.25, -0.2) is 4.98 Å². The highest BCUT2D eigenvalue weighted by Crippen LogP contribution is 2.23. The Morgan fingerprint density at radius 2 is 2.04 bits per heavy atom. The van der Waals surface area contributed by atoms with Gasteiger partial charge in [0.1, 0.15) is 16.6 Å². The third-order valence-electron chi connectivity index (χ3n) is 4.37. The second-order valence-corrected chi connectivity index (χ2v) is 7.03. The Hall–Kier alpha value is -3.24. The van der Waals surface area contributed by atoms with E-state index in [2.05, 4.69) is 15.3 Å². The summed E-state index contributed by atoms with van der Waals surface area (Å²) in [6.45, 7) is 3.52. The van der Waals surface area contributed by atoms with E-state index < -0.39 is 0 Å². The molecule has 3 aromatic rings. The molecule has 2 N–H and O–H groups in total. The van der Waals surface area contributed by atoms with E-state index >= 15 is 0 Å². The first-order valence-corrected chi connectivity index (χ1v) is 9.29. The van der Waals surface area contributed by atoms with E-state index in [1.807, 2.05) is 35.7 Å². The molecular formula is C20H18N4O2S. The van der Waals surface area contributed by atoms with Crippen LogP contribution in [0.4, 0.5) is 5.69 Å². The van der Waals surface area contributed by atoms with E-state index in [1.165, 1.54) is 0 Å². The van der Waals surface area contributed by atoms with Gasteiger partial charge in [0.2, 0.25) is 5.91 Å². The Morgan fingerprint density at radius 1 is 1.30 bits per heavy atom. The molecule has 1 aromatic carbocycles. The molecule has 0 saturated heterocycles. The fourth-order valence-electron chi connectivity index (χ4n) is 2.94. The van der Waals surface area contributed by atoms with Crippen molar-refractivity contribution in [2.75, 3.05) is 5.32 Å². The lowest BCUT2D eigenvalue weighted by Gasteiger charge is -2.11. The molecule has 3 rings (SSSR count). The molecule has 0 spiro atoms. The zero-order chi connectivity index (χ0) is 19.4. The number of hydrogen-bond donors (Lipinski definition) is 2. The van der Waals surface area contributed by atoms with Crippen molar-refractivity contribution in [3.05, 3.63) is 68.6 Å². The first kappa shape index (κ1) is 18.5. The van der Waals surface area contributed by atoms with Gasteiger partial charge in [-0.2, -0.15) is 5.26 Å². The molecular weight excluding hydrogens is 360 g/mol. The van der Waals surface area contributed by atoms with E-state index in [-0.39, 0.29) is 23.5 Å². The predicted molar refractivity (Wildman–Crippen MR) is 106 cm³/mol. The number of anilines is 1. The fourth-order valence-corrected chi connectivity index (χ4v) is 3.59. The minimum atomic E-state index is -0.388. The van der Waals surface area contributed by atoms with Crippen molar-refractivity contribution in [2.45, 2.75) is 26.7 Å². The average molecular weight is 378 g/mol. The Bertz CT molecular complexity index is 1060. The van der Waals surface area contributed by atoms with Crippen LogP contribution < -0.4 is 10.9 Å². The van der Waals surface area contributed by atoms with E-state index in [0.717, 1.165) is 16.1 Å². The smallest absolute Gasteiger partial charge is 0.266 e. The third-order valence-corrected chi connectivity index (χ3v) is 5.19. The highest BCUT2D eigenvalue weighted by atomic mass is 32.1. The molecule has 7 heteroatoms. The van der Waals surface area contributed by atoms with Crippen LogP contribution in [0.2, 0.25) is 0 Å². The maximum absolute atomic E-state index is 12.3. The molecule has 2 heterocycles. The number of nitrogens with one attached hydrogen (secondary N) is 2. The van der Waals surface area contributed by atoms with Crippen molar-refractivity contribution in [1.29, 1.82) is 5.26 Å². The SMILES string of the molecule is Cc1[nH]c(=O)c(C#N)c(C)c1CCC(=O)Nc1ccc(-c2nccs2)cc1. The van der Waals surface area contributed by atoms with Crippen LogP contribution in [0.3, 0.4) is 0 Å². The van der Waals surface area contributed by atoms with Gasteiger partial charge >= 0.3 is 0 Å². The highest BCUT2D eigenvalue weighted by Gasteiger charge is 2.13. The number of carbonyl (C=O) groups is 1. The number of nitriles is 1. The molecule has 136 valence electrons. The normalized spacial score (nSPS) is 10.4. The average Bonchev–Trinajstić information content (AvgIpc) is 3.17. The molecule has 1 amide bonds. The van der Waals surface area contributed by atoms with Crippen molar-refractivity contribution in [1.82, 2.24) is 9.97 Å². The third kappa shape index (κ3) is 4.13. The number of aromatic nitrogens is 2. The number of thiazole rings is 1. The van der Waals surface area contributed by atoms with Crippen molar-refractivity contribution < 1.29 is 4.79 Å². The lowest BCUT2D eigenvalue weighted by molar-refractivity contribution is -0.116. The van der Waals surface area contributed by atoms with Gasteiger partial charge in [-0.3, -0.25) is 9.59 Å². The van der Waals surface area contributed by atoms with Gasteiger partial charge in [-0.15, -0.1) is 11.3 Å². The van der Waals surface area contributed by atoms with Gasteiger partial charge in [-0.1, -0.05) is 0 Å². The number of amides is 1. The number of aromatic amines is 1. The van der Waals surface area contributed by atoms with Gasteiger partial charge in [0.25, 0.3) is 5.56 Å². The molecule has 2 aromatic heterocycles. The van der Waals surface area contributed by atoms with Crippen LogP contribution in [0.25, 0.3) is 10.6 Å². The number of aryl methyl sites for hydroxylation is 1. The topological polar surface area (TPSA) is 98.6 Å². The van der Waals surface area contributed by atoms with Gasteiger partial charge in [0.15, 0.2) is 0 Å². The van der Waals surface area contributed by atoms with E-state index in [1.54, 1.807) is 31.4 Å². The van der Waals surface area contributed by atoms with Crippen LogP contribution in [0, 0.1) is 25.2 Å². The summed E-state index contributed by atoms with van der Waals surface area (Å²) < 4.78 is 0. The lowest BCUT2D eigenvalue weighted by Crippen LogP contribution is -2.18. The van der Waals surface area contributed by atoms with Gasteiger partial charge in [-0.05, 0) is 55.7 Å². The minimum Gasteiger partial charge on any atom is -0.326 e. The molecule has 0 aliphatic heterocycles. The predicted octanol–water partition coefficient (Wildman–Crippen LogP) is 3.56. The summed E-state index contributed by atoms with van der Waals surface area (Å²) in [5.74, 6) is -0.125. The van der Waals surface area contributed by atoms with Gasteiger partial charge in [0.05, 0.1) is 0 Å². The van der Waals surface area contributed by atoms with E-state index in [9.17, 15) is 9.59 Å². The summed E-state index contributed by atoms with van der Waals surface area (Å²) in [7, 11) is 0. The van der Waals surface area contributed by atoms with Crippen molar-refractivity contribution in [3.63, 3.8) is 0 Å². The van der Waals surface area contributed by atoms with Crippen LogP contribution >= 0.6 is 11.3 Å². The fraction of sp³-hybridized carbons (Fsp3) is 0.200. The molecule has 0 aliphatic carbocycles. The Kier molecular flexibility index (Phi) is 5.48. The first-order valence-electron chi connectivity index (χ1n) is 8.42. The summed E-state index contributed by atoms with van der Waals surface area (Å²) >= 11 is 1.56. The number of rotatable bonds is 5. The van der Waals surface area contributed by atoms with Crippen LogP contribution in [0.15, 0.2) is 40.6 Å². The van der Waals surface area contributed by atoms with E-state index in [0.29, 0.717) is 23.4 Å². The molecule has 0 bridgehead atoms. The molecule has 0 unspecified atom stereocenters. The zero-order valence-corrected chi connectivity index (χ0v) is 15.8. The lowest BCUT2D eigenvalue weighted by atomic mass is 9.99. The Morgan fingerprint density at radius 3 is 2.67 bits per heavy atom. The van der Waals surface area contributed by atoms with Crippen LogP contribution in [-0.2, 0) is 11.2 Å². The number of benzene rings is 1. The van der Waals surface area contributed by atoms with Crippen molar-refractivity contribution in [2.24, 2.45) is 0 Å². The van der Waals surface area contributed by atoms with Crippen LogP contribution in [0.1, 0.15) is 28.8 Å². The maximum atomic E-state index is 12.3. The number of hydrogen-bond acceptors (Lipinski definition) is 5. The highest BCUT2D eigenvalue weighted by molar-refractivity contribution is 7.13. The molecule has 0 fully saturated rings.